The molecule has 0 saturated carbocycles. The van der Waals surface area contributed by atoms with E-state index in [0.717, 1.165) is 16.5 Å². The van der Waals surface area contributed by atoms with Crippen LogP contribution in [0, 0.1) is 5.41 Å². The number of aromatic amines is 1. The largest absolute Gasteiger partial charge is 0.334 e. The van der Waals surface area contributed by atoms with E-state index < -0.39 is 0 Å². The highest BCUT2D eigenvalue weighted by Crippen LogP contribution is 2.28. The van der Waals surface area contributed by atoms with Crippen molar-refractivity contribution in [2.75, 3.05) is 0 Å². The number of halogens is 2. The summed E-state index contributed by atoms with van der Waals surface area (Å²) in [4.78, 5) is 16.1. The topological polar surface area (TPSA) is 83.2 Å². The first-order chi connectivity index (χ1) is 13.6. The molecule has 9 heteroatoms. The van der Waals surface area contributed by atoms with E-state index in [-0.39, 0.29) is 5.49 Å². The van der Waals surface area contributed by atoms with Crippen LogP contribution in [0.3, 0.4) is 0 Å². The van der Waals surface area contributed by atoms with Crippen molar-refractivity contribution in [2.45, 2.75) is 6.54 Å². The Balaban J connectivity index is 1.65. The number of thiophene rings is 1. The SMILES string of the molecule is N=c1ncn(Cc2c(Cl)cncc2Cl)c2nc(-c3ccc4sccc4c3)[nH]c12. The second-order valence-corrected chi connectivity index (χ2v) is 8.02. The number of H-pyrrole nitrogens is 1. The van der Waals surface area contributed by atoms with Gasteiger partial charge in [-0.2, -0.15) is 0 Å². The molecule has 0 aliphatic rings. The molecular weight excluding hydrogens is 415 g/mol. The third-order valence-electron chi connectivity index (χ3n) is 4.53. The van der Waals surface area contributed by atoms with Crippen LogP contribution in [-0.2, 0) is 6.54 Å². The Morgan fingerprint density at radius 3 is 2.79 bits per heavy atom. The average molecular weight is 427 g/mol. The summed E-state index contributed by atoms with van der Waals surface area (Å²) >= 11 is 14.2. The van der Waals surface area contributed by atoms with Crippen LogP contribution in [0.4, 0.5) is 0 Å². The minimum absolute atomic E-state index is 0.133. The molecule has 1 aromatic carbocycles. The van der Waals surface area contributed by atoms with Crippen LogP contribution in [-0.4, -0.2) is 24.5 Å². The number of imidazole rings is 1. The maximum Gasteiger partial charge on any atom is 0.173 e. The number of rotatable bonds is 3. The summed E-state index contributed by atoms with van der Waals surface area (Å²) in [5.74, 6) is 0.685. The molecule has 138 valence electrons. The molecule has 2 N–H and O–H groups in total. The Labute approximate surface area is 173 Å². The van der Waals surface area contributed by atoms with Gasteiger partial charge in [-0.05, 0) is 35.0 Å². The number of nitrogens with one attached hydrogen (secondary N) is 2. The molecule has 0 atom stereocenters. The highest BCUT2D eigenvalue weighted by molar-refractivity contribution is 7.17. The van der Waals surface area contributed by atoms with Crippen LogP contribution >= 0.6 is 34.5 Å². The van der Waals surface area contributed by atoms with Gasteiger partial charge in [-0.3, -0.25) is 10.4 Å². The molecule has 4 heterocycles. The van der Waals surface area contributed by atoms with Crippen molar-refractivity contribution in [3.8, 4) is 11.4 Å². The number of pyridine rings is 1. The van der Waals surface area contributed by atoms with Gasteiger partial charge in [0.25, 0.3) is 0 Å². The van der Waals surface area contributed by atoms with E-state index in [1.54, 1.807) is 30.1 Å². The summed E-state index contributed by atoms with van der Waals surface area (Å²) in [6.07, 6.45) is 4.68. The van der Waals surface area contributed by atoms with Crippen molar-refractivity contribution in [3.63, 3.8) is 0 Å². The Kier molecular flexibility index (Phi) is 4.16. The smallest absolute Gasteiger partial charge is 0.173 e. The monoisotopic (exact) mass is 426 g/mol. The highest BCUT2D eigenvalue weighted by Gasteiger charge is 2.14. The Bertz CT molecular complexity index is 1380. The summed E-state index contributed by atoms with van der Waals surface area (Å²) in [6, 6.07) is 8.26. The van der Waals surface area contributed by atoms with E-state index in [9.17, 15) is 0 Å². The average Bonchev–Trinajstić information content (AvgIpc) is 3.33. The van der Waals surface area contributed by atoms with E-state index in [2.05, 4.69) is 38.5 Å². The second-order valence-electron chi connectivity index (χ2n) is 6.26. The molecule has 5 rings (SSSR count). The number of fused-ring (bicyclic) bond motifs is 2. The lowest BCUT2D eigenvalue weighted by atomic mass is 10.1. The molecule has 0 spiro atoms. The summed E-state index contributed by atoms with van der Waals surface area (Å²) in [5, 5.41) is 12.3. The summed E-state index contributed by atoms with van der Waals surface area (Å²) in [5.41, 5.74) is 2.99. The lowest BCUT2D eigenvalue weighted by Gasteiger charge is -2.09. The molecule has 0 amide bonds. The predicted molar refractivity (Wildman–Crippen MR) is 112 cm³/mol. The van der Waals surface area contributed by atoms with Gasteiger partial charge in [-0.15, -0.1) is 11.3 Å². The van der Waals surface area contributed by atoms with Gasteiger partial charge in [-0.1, -0.05) is 23.2 Å². The van der Waals surface area contributed by atoms with Crippen molar-refractivity contribution in [2.24, 2.45) is 0 Å². The summed E-state index contributed by atoms with van der Waals surface area (Å²) in [7, 11) is 0. The molecule has 0 radical (unpaired) electrons. The van der Waals surface area contributed by atoms with Gasteiger partial charge in [0, 0.05) is 28.2 Å². The Morgan fingerprint density at radius 1 is 1.14 bits per heavy atom. The van der Waals surface area contributed by atoms with Gasteiger partial charge in [-0.25, -0.2) is 9.97 Å². The maximum atomic E-state index is 8.15. The van der Waals surface area contributed by atoms with Gasteiger partial charge in [0.1, 0.15) is 11.3 Å². The molecular formula is C19H12Cl2N6S. The lowest BCUT2D eigenvalue weighted by molar-refractivity contribution is 0.783. The molecule has 0 saturated heterocycles. The number of aromatic nitrogens is 5. The minimum Gasteiger partial charge on any atom is -0.334 e. The van der Waals surface area contributed by atoms with E-state index in [1.807, 2.05) is 10.6 Å². The van der Waals surface area contributed by atoms with Gasteiger partial charge < -0.3 is 9.55 Å². The van der Waals surface area contributed by atoms with Gasteiger partial charge in [0.05, 0.1) is 22.9 Å². The normalized spacial score (nSPS) is 11.5. The zero-order valence-electron chi connectivity index (χ0n) is 14.3. The second kappa shape index (κ2) is 6.70. The number of hydrogen-bond acceptors (Lipinski definition) is 5. The van der Waals surface area contributed by atoms with Crippen molar-refractivity contribution in [3.05, 3.63) is 69.5 Å². The number of hydrogen-bond donors (Lipinski definition) is 2. The molecule has 4 aromatic heterocycles. The number of benzene rings is 1. The third kappa shape index (κ3) is 2.88. The minimum atomic E-state index is 0.133. The summed E-state index contributed by atoms with van der Waals surface area (Å²) < 4.78 is 3.04. The first kappa shape index (κ1) is 17.4. The van der Waals surface area contributed by atoms with Crippen LogP contribution in [0.1, 0.15) is 5.56 Å². The van der Waals surface area contributed by atoms with E-state index in [1.165, 1.54) is 4.70 Å². The molecule has 5 aromatic rings. The zero-order valence-corrected chi connectivity index (χ0v) is 16.6. The Hall–Kier alpha value is -2.74. The van der Waals surface area contributed by atoms with Crippen molar-refractivity contribution in [1.82, 2.24) is 24.5 Å². The maximum absolute atomic E-state index is 8.15. The lowest BCUT2D eigenvalue weighted by Crippen LogP contribution is -2.13. The predicted octanol–water partition coefficient (Wildman–Crippen LogP) is 4.87. The molecule has 0 bridgehead atoms. The van der Waals surface area contributed by atoms with Gasteiger partial charge in [0.2, 0.25) is 0 Å². The quantitative estimate of drug-likeness (QED) is 0.431. The molecule has 0 aliphatic carbocycles. The van der Waals surface area contributed by atoms with Gasteiger partial charge >= 0.3 is 0 Å². The number of nitrogens with zero attached hydrogens (tertiary/aromatic N) is 4. The van der Waals surface area contributed by atoms with Crippen molar-refractivity contribution >= 4 is 55.8 Å². The first-order valence-corrected chi connectivity index (χ1v) is 9.99. The van der Waals surface area contributed by atoms with Crippen molar-refractivity contribution in [1.29, 1.82) is 5.41 Å². The Morgan fingerprint density at radius 2 is 1.96 bits per heavy atom. The van der Waals surface area contributed by atoms with Crippen LogP contribution in [0.25, 0.3) is 32.6 Å². The van der Waals surface area contributed by atoms with E-state index in [4.69, 9.17) is 33.6 Å². The molecule has 0 fully saturated rings. The van der Waals surface area contributed by atoms with E-state index >= 15 is 0 Å². The van der Waals surface area contributed by atoms with Crippen molar-refractivity contribution < 1.29 is 0 Å². The molecule has 0 unspecified atom stereocenters. The fourth-order valence-electron chi connectivity index (χ4n) is 3.11. The fraction of sp³-hybridized carbons (Fsp3) is 0.0526. The van der Waals surface area contributed by atoms with Crippen LogP contribution in [0.2, 0.25) is 10.0 Å². The third-order valence-corrected chi connectivity index (χ3v) is 6.08. The zero-order chi connectivity index (χ0) is 19.3. The molecule has 0 aliphatic heterocycles. The van der Waals surface area contributed by atoms with Crippen LogP contribution in [0.5, 0.6) is 0 Å². The summed E-state index contributed by atoms with van der Waals surface area (Å²) in [6.45, 7) is 0.373. The molecule has 28 heavy (non-hydrogen) atoms. The molecule has 6 nitrogen and oxygen atoms in total. The van der Waals surface area contributed by atoms with Crippen LogP contribution < -0.4 is 5.49 Å². The van der Waals surface area contributed by atoms with Crippen LogP contribution in [0.15, 0.2) is 48.4 Å². The first-order valence-electron chi connectivity index (χ1n) is 8.35. The van der Waals surface area contributed by atoms with Gasteiger partial charge in [0.15, 0.2) is 11.1 Å². The fourth-order valence-corrected chi connectivity index (χ4v) is 4.36. The standard InChI is InChI=1S/C19H12Cl2N6S/c20-13-6-23-7-14(21)12(13)8-27-9-24-17(22)16-19(27)26-18(25-16)11-1-2-15-10(5-11)3-4-28-15/h1-7,9,22H,8H2,(H,25,26). The van der Waals surface area contributed by atoms with E-state index in [0.29, 0.717) is 33.6 Å². The highest BCUT2D eigenvalue weighted by atomic mass is 35.5.